The Bertz CT molecular complexity index is 1450. The highest BCUT2D eigenvalue weighted by Crippen LogP contribution is 2.43. The molecule has 2 aromatic carbocycles. The third-order valence-corrected chi connectivity index (χ3v) is 7.37. The summed E-state index contributed by atoms with van der Waals surface area (Å²) < 4.78 is 22.5. The van der Waals surface area contributed by atoms with E-state index in [2.05, 4.69) is 0 Å². The maximum absolute atomic E-state index is 13.1. The number of benzene rings is 2. The first-order valence-electron chi connectivity index (χ1n) is 12.7. The standard InChI is InChI=1S/C27H30O14/c1-9-19(32)21(34)24(37)27(38-9)39-11-4-2-10(3-5-11)15-7-14(31)17-12(29)6-13(30)18(25(17)40-15)26-23(36)22(35)20(33)16(8-28)41-26/h2-7,9,16,19-24,26-30,32-37H,8H2,1H3/t9-,16+,19-,20?,21+,22-,23?,24+,26-,27-/m0/s1. The minimum atomic E-state index is -1.81. The SMILES string of the molecule is C[C@@H]1O[C@@H](Oc2ccc(-c3cc(=O)c4c(O)cc(O)c([C@@H]5O[C@H](CO)C(O)[C@H](O)C5O)c4o3)cc2)[C@H](O)[C@H](O)[C@H]1O. The number of aliphatic hydroxyl groups excluding tert-OH is 7. The molecule has 3 heterocycles. The maximum Gasteiger partial charge on any atom is 0.229 e. The molecular formula is C27H30O14. The van der Waals surface area contributed by atoms with E-state index in [4.69, 9.17) is 18.6 Å². The summed E-state index contributed by atoms with van der Waals surface area (Å²) >= 11 is 0. The molecular weight excluding hydrogens is 548 g/mol. The van der Waals surface area contributed by atoms with Crippen LogP contribution in [0.5, 0.6) is 17.2 Å². The molecule has 14 heteroatoms. The fraction of sp³-hybridized carbons (Fsp3) is 0.444. The van der Waals surface area contributed by atoms with E-state index in [1.165, 1.54) is 31.2 Å². The van der Waals surface area contributed by atoms with Gasteiger partial charge in [0, 0.05) is 17.7 Å². The highest BCUT2D eigenvalue weighted by molar-refractivity contribution is 5.89. The molecule has 222 valence electrons. The molecule has 1 aromatic heterocycles. The van der Waals surface area contributed by atoms with Gasteiger partial charge in [-0.1, -0.05) is 0 Å². The Morgan fingerprint density at radius 2 is 1.46 bits per heavy atom. The summed E-state index contributed by atoms with van der Waals surface area (Å²) in [5, 5.41) is 91.4. The Balaban J connectivity index is 1.51. The summed E-state index contributed by atoms with van der Waals surface area (Å²) in [6.45, 7) is 0.776. The summed E-state index contributed by atoms with van der Waals surface area (Å²) in [5.74, 6) is -1.10. The van der Waals surface area contributed by atoms with E-state index in [0.717, 1.165) is 12.1 Å². The van der Waals surface area contributed by atoms with Crippen LogP contribution in [0.4, 0.5) is 0 Å². The summed E-state index contributed by atoms with van der Waals surface area (Å²) in [4.78, 5) is 13.1. The van der Waals surface area contributed by atoms with Gasteiger partial charge in [-0.15, -0.1) is 0 Å². The lowest BCUT2D eigenvalue weighted by Gasteiger charge is -2.40. The zero-order valence-corrected chi connectivity index (χ0v) is 21.5. The van der Waals surface area contributed by atoms with Crippen molar-refractivity contribution < 1.29 is 64.6 Å². The van der Waals surface area contributed by atoms with E-state index in [9.17, 15) is 50.8 Å². The van der Waals surface area contributed by atoms with Crippen LogP contribution < -0.4 is 10.2 Å². The smallest absolute Gasteiger partial charge is 0.229 e. The van der Waals surface area contributed by atoms with E-state index in [1.807, 2.05) is 0 Å². The zero-order valence-electron chi connectivity index (χ0n) is 21.5. The van der Waals surface area contributed by atoms with Crippen molar-refractivity contribution in [3.8, 4) is 28.6 Å². The van der Waals surface area contributed by atoms with Gasteiger partial charge in [0.1, 0.15) is 77.2 Å². The molecule has 0 spiro atoms. The van der Waals surface area contributed by atoms with Crippen molar-refractivity contribution in [2.45, 2.75) is 68.1 Å². The van der Waals surface area contributed by atoms with Crippen LogP contribution >= 0.6 is 0 Å². The average molecular weight is 579 g/mol. The average Bonchev–Trinajstić information content (AvgIpc) is 2.94. The minimum Gasteiger partial charge on any atom is -0.507 e. The molecule has 2 aliphatic heterocycles. The Morgan fingerprint density at radius 1 is 0.805 bits per heavy atom. The molecule has 41 heavy (non-hydrogen) atoms. The van der Waals surface area contributed by atoms with Crippen molar-refractivity contribution >= 4 is 11.0 Å². The molecule has 2 fully saturated rings. The second-order valence-corrected chi connectivity index (χ2v) is 10.1. The van der Waals surface area contributed by atoms with E-state index in [0.29, 0.717) is 5.56 Å². The second-order valence-electron chi connectivity index (χ2n) is 10.1. The number of hydrogen-bond donors (Lipinski definition) is 9. The molecule has 2 unspecified atom stereocenters. The number of rotatable bonds is 5. The van der Waals surface area contributed by atoms with Crippen molar-refractivity contribution in [3.05, 3.63) is 52.2 Å². The lowest BCUT2D eigenvalue weighted by atomic mass is 9.89. The van der Waals surface area contributed by atoms with Gasteiger partial charge in [0.25, 0.3) is 0 Å². The monoisotopic (exact) mass is 578 g/mol. The molecule has 0 saturated carbocycles. The van der Waals surface area contributed by atoms with Crippen molar-refractivity contribution in [1.29, 1.82) is 0 Å². The topological polar surface area (TPSA) is 240 Å². The Morgan fingerprint density at radius 3 is 2.12 bits per heavy atom. The third kappa shape index (κ3) is 5.14. The quantitative estimate of drug-likeness (QED) is 0.169. The Hall–Kier alpha value is -3.31. The molecule has 10 atom stereocenters. The van der Waals surface area contributed by atoms with Gasteiger partial charge in [-0.3, -0.25) is 4.79 Å². The maximum atomic E-state index is 13.1. The van der Waals surface area contributed by atoms with Gasteiger partial charge in [-0.25, -0.2) is 0 Å². The first-order valence-corrected chi connectivity index (χ1v) is 12.7. The van der Waals surface area contributed by atoms with Gasteiger partial charge >= 0.3 is 0 Å². The molecule has 2 saturated heterocycles. The van der Waals surface area contributed by atoms with Crippen LogP contribution in [-0.2, 0) is 9.47 Å². The third-order valence-electron chi connectivity index (χ3n) is 7.37. The van der Waals surface area contributed by atoms with E-state index >= 15 is 0 Å². The Labute approximate surface area is 231 Å². The van der Waals surface area contributed by atoms with Gasteiger partial charge in [0.05, 0.1) is 18.3 Å². The number of aromatic hydroxyl groups is 2. The predicted octanol–water partition coefficient (Wildman–Crippen LogP) is -1.41. The molecule has 9 N–H and O–H groups in total. The van der Waals surface area contributed by atoms with Crippen molar-refractivity contribution in [3.63, 3.8) is 0 Å². The molecule has 14 nitrogen and oxygen atoms in total. The fourth-order valence-electron chi connectivity index (χ4n) is 5.02. The summed E-state index contributed by atoms with van der Waals surface area (Å²) in [5.41, 5.74) is -1.06. The Kier molecular flexibility index (Phi) is 7.95. The van der Waals surface area contributed by atoms with Gasteiger partial charge < -0.3 is 64.6 Å². The van der Waals surface area contributed by atoms with Crippen LogP contribution in [0.2, 0.25) is 0 Å². The summed E-state index contributed by atoms with van der Waals surface area (Å²) in [7, 11) is 0. The first kappa shape index (κ1) is 29.2. The minimum absolute atomic E-state index is 0.0361. The molecule has 0 radical (unpaired) electrons. The van der Waals surface area contributed by atoms with Gasteiger partial charge in [-0.2, -0.15) is 0 Å². The number of phenols is 2. The molecule has 3 aromatic rings. The number of phenolic OH excluding ortho intramolecular Hbond substituents is 2. The van der Waals surface area contributed by atoms with E-state index in [-0.39, 0.29) is 28.0 Å². The number of ether oxygens (including phenoxy) is 3. The lowest BCUT2D eigenvalue weighted by Crippen LogP contribution is -2.58. The number of fused-ring (bicyclic) bond motifs is 1. The molecule has 2 aliphatic rings. The second kappa shape index (κ2) is 11.2. The van der Waals surface area contributed by atoms with E-state index < -0.39 is 84.8 Å². The normalized spacial score (nSPS) is 34.0. The van der Waals surface area contributed by atoms with Crippen LogP contribution in [0.15, 0.2) is 45.6 Å². The number of hydrogen-bond acceptors (Lipinski definition) is 14. The summed E-state index contributed by atoms with van der Waals surface area (Å²) in [6.07, 6.45) is -14.5. The lowest BCUT2D eigenvalue weighted by molar-refractivity contribution is -0.268. The van der Waals surface area contributed by atoms with Crippen LogP contribution in [-0.4, -0.2) is 108 Å². The first-order chi connectivity index (χ1) is 19.4. The molecule has 0 amide bonds. The molecule has 0 bridgehead atoms. The van der Waals surface area contributed by atoms with Crippen molar-refractivity contribution in [2.75, 3.05) is 6.61 Å². The number of aliphatic hydroxyl groups is 7. The fourth-order valence-corrected chi connectivity index (χ4v) is 5.02. The van der Waals surface area contributed by atoms with Crippen LogP contribution in [0.25, 0.3) is 22.3 Å². The van der Waals surface area contributed by atoms with Gasteiger partial charge in [0.2, 0.25) is 6.29 Å². The largest absolute Gasteiger partial charge is 0.507 e. The molecule has 5 rings (SSSR count). The van der Waals surface area contributed by atoms with Gasteiger partial charge in [0.15, 0.2) is 11.0 Å². The van der Waals surface area contributed by atoms with Crippen LogP contribution in [0.1, 0.15) is 18.6 Å². The molecule has 0 aliphatic carbocycles. The predicted molar refractivity (Wildman–Crippen MR) is 137 cm³/mol. The van der Waals surface area contributed by atoms with Crippen LogP contribution in [0.3, 0.4) is 0 Å². The highest BCUT2D eigenvalue weighted by Gasteiger charge is 2.46. The highest BCUT2D eigenvalue weighted by atomic mass is 16.7. The van der Waals surface area contributed by atoms with Crippen molar-refractivity contribution in [1.82, 2.24) is 0 Å². The zero-order chi connectivity index (χ0) is 29.7. The van der Waals surface area contributed by atoms with Gasteiger partial charge in [-0.05, 0) is 31.2 Å². The summed E-state index contributed by atoms with van der Waals surface area (Å²) in [6, 6.07) is 7.81. The van der Waals surface area contributed by atoms with Crippen LogP contribution in [0, 0.1) is 0 Å². The van der Waals surface area contributed by atoms with E-state index in [1.54, 1.807) is 0 Å². The van der Waals surface area contributed by atoms with Crippen molar-refractivity contribution in [2.24, 2.45) is 0 Å².